The molecule has 0 aliphatic carbocycles. The largest absolute Gasteiger partial charge is 0.488 e. The lowest BCUT2D eigenvalue weighted by Crippen LogP contribution is -2.01. The predicted octanol–water partition coefficient (Wildman–Crippen LogP) is 2.02. The lowest BCUT2D eigenvalue weighted by atomic mass is 10.2. The molecule has 0 aliphatic heterocycles. The van der Waals surface area contributed by atoms with Crippen LogP contribution in [0.1, 0.15) is 0 Å². The second-order valence-corrected chi connectivity index (χ2v) is 2.30. The van der Waals surface area contributed by atoms with E-state index in [4.69, 9.17) is 0 Å². The van der Waals surface area contributed by atoms with Gasteiger partial charge in [0.05, 0.1) is 18.1 Å². The molecule has 0 heterocycles. The Balaban J connectivity index is 3.51. The van der Waals surface area contributed by atoms with E-state index in [0.717, 1.165) is 7.11 Å². The van der Waals surface area contributed by atoms with Crippen LogP contribution < -0.4 is 4.74 Å². The smallest absolute Gasteiger partial charge is 0.317 e. The Morgan fingerprint density at radius 1 is 1.36 bits per heavy atom. The van der Waals surface area contributed by atoms with Crippen molar-refractivity contribution in [1.29, 1.82) is 0 Å². The van der Waals surface area contributed by atoms with Gasteiger partial charge in [0, 0.05) is 0 Å². The fourth-order valence-electron chi connectivity index (χ4n) is 0.896. The Labute approximate surface area is 76.1 Å². The van der Waals surface area contributed by atoms with E-state index in [0.29, 0.717) is 0 Å². The highest BCUT2D eigenvalue weighted by Crippen LogP contribution is 2.32. The average Bonchev–Trinajstić information content (AvgIpc) is 2.13. The molecular formula is C7H4F3NO3. The standard InChI is InChI=1S/C7H4F3NO3/c1-14-7-4(11(12)13)2-3(8)5(9)6(7)10/h2H,1H3. The Morgan fingerprint density at radius 2 is 1.93 bits per heavy atom. The molecule has 0 saturated heterocycles. The highest BCUT2D eigenvalue weighted by Gasteiger charge is 2.26. The van der Waals surface area contributed by atoms with Gasteiger partial charge in [-0.25, -0.2) is 8.78 Å². The van der Waals surface area contributed by atoms with Gasteiger partial charge < -0.3 is 4.74 Å². The van der Waals surface area contributed by atoms with E-state index in [9.17, 15) is 23.3 Å². The first-order chi connectivity index (χ1) is 6.49. The fourth-order valence-corrected chi connectivity index (χ4v) is 0.896. The van der Waals surface area contributed by atoms with E-state index in [-0.39, 0.29) is 6.07 Å². The van der Waals surface area contributed by atoms with Gasteiger partial charge in [0.25, 0.3) is 0 Å². The molecule has 0 aliphatic rings. The Morgan fingerprint density at radius 3 is 2.36 bits per heavy atom. The van der Waals surface area contributed by atoms with Crippen molar-refractivity contribution in [1.82, 2.24) is 0 Å². The molecule has 0 radical (unpaired) electrons. The maximum Gasteiger partial charge on any atom is 0.317 e. The van der Waals surface area contributed by atoms with Crippen LogP contribution in [-0.2, 0) is 0 Å². The summed E-state index contributed by atoms with van der Waals surface area (Å²) in [6, 6.07) is 0.261. The first-order valence-corrected chi connectivity index (χ1v) is 3.35. The van der Waals surface area contributed by atoms with Crippen LogP contribution in [0.4, 0.5) is 18.9 Å². The maximum atomic E-state index is 12.8. The third-order valence-corrected chi connectivity index (χ3v) is 1.50. The first-order valence-electron chi connectivity index (χ1n) is 3.35. The van der Waals surface area contributed by atoms with Gasteiger partial charge in [-0.15, -0.1) is 0 Å². The lowest BCUT2D eigenvalue weighted by molar-refractivity contribution is -0.386. The summed E-state index contributed by atoms with van der Waals surface area (Å²) >= 11 is 0. The monoisotopic (exact) mass is 207 g/mol. The molecule has 0 fully saturated rings. The summed E-state index contributed by atoms with van der Waals surface area (Å²) in [4.78, 5) is 9.20. The van der Waals surface area contributed by atoms with E-state index < -0.39 is 33.8 Å². The van der Waals surface area contributed by atoms with E-state index in [1.807, 2.05) is 0 Å². The molecule has 0 spiro atoms. The summed E-state index contributed by atoms with van der Waals surface area (Å²) < 4.78 is 42.2. The molecule has 0 amide bonds. The summed E-state index contributed by atoms with van der Waals surface area (Å²) in [5.41, 5.74) is -0.955. The molecule has 0 saturated carbocycles. The third kappa shape index (κ3) is 1.48. The van der Waals surface area contributed by atoms with Crippen LogP contribution >= 0.6 is 0 Å². The van der Waals surface area contributed by atoms with Crippen molar-refractivity contribution in [2.24, 2.45) is 0 Å². The van der Waals surface area contributed by atoms with Gasteiger partial charge in [-0.2, -0.15) is 4.39 Å². The van der Waals surface area contributed by atoms with Crippen molar-refractivity contribution in [3.05, 3.63) is 33.6 Å². The highest BCUT2D eigenvalue weighted by atomic mass is 19.2. The van der Waals surface area contributed by atoms with Gasteiger partial charge in [-0.3, -0.25) is 10.1 Å². The van der Waals surface area contributed by atoms with E-state index in [1.165, 1.54) is 0 Å². The number of hydrogen-bond donors (Lipinski definition) is 0. The molecule has 1 rings (SSSR count). The van der Waals surface area contributed by atoms with E-state index >= 15 is 0 Å². The second-order valence-electron chi connectivity index (χ2n) is 2.30. The Hall–Kier alpha value is -1.79. The molecular weight excluding hydrogens is 203 g/mol. The van der Waals surface area contributed by atoms with Crippen molar-refractivity contribution in [3.63, 3.8) is 0 Å². The number of nitro benzene ring substituents is 1. The minimum absolute atomic E-state index is 0.261. The van der Waals surface area contributed by atoms with E-state index in [1.54, 1.807) is 0 Å². The zero-order chi connectivity index (χ0) is 10.9. The molecule has 7 heteroatoms. The minimum atomic E-state index is -1.80. The lowest BCUT2D eigenvalue weighted by Gasteiger charge is -2.03. The van der Waals surface area contributed by atoms with Gasteiger partial charge >= 0.3 is 5.69 Å². The van der Waals surface area contributed by atoms with Gasteiger partial charge in [0.2, 0.25) is 11.6 Å². The molecule has 4 nitrogen and oxygen atoms in total. The highest BCUT2D eigenvalue weighted by molar-refractivity contribution is 5.47. The summed E-state index contributed by atoms with van der Waals surface area (Å²) in [5.74, 6) is -6.06. The van der Waals surface area contributed by atoms with Crippen LogP contribution in [0.15, 0.2) is 6.07 Å². The van der Waals surface area contributed by atoms with Gasteiger partial charge in [0.1, 0.15) is 0 Å². The van der Waals surface area contributed by atoms with Gasteiger partial charge in [-0.1, -0.05) is 0 Å². The molecule has 14 heavy (non-hydrogen) atoms. The summed E-state index contributed by atoms with van der Waals surface area (Å²) in [5, 5.41) is 10.3. The number of hydrogen-bond acceptors (Lipinski definition) is 3. The summed E-state index contributed by atoms with van der Waals surface area (Å²) in [7, 11) is 0.919. The summed E-state index contributed by atoms with van der Waals surface area (Å²) in [6.07, 6.45) is 0. The second kappa shape index (κ2) is 3.52. The Kier molecular flexibility index (Phi) is 2.59. The predicted molar refractivity (Wildman–Crippen MR) is 39.5 cm³/mol. The molecule has 0 atom stereocenters. The van der Waals surface area contributed by atoms with Crippen LogP contribution in [-0.4, -0.2) is 12.0 Å². The van der Waals surface area contributed by atoms with Crippen molar-refractivity contribution in [3.8, 4) is 5.75 Å². The van der Waals surface area contributed by atoms with Crippen molar-refractivity contribution < 1.29 is 22.8 Å². The van der Waals surface area contributed by atoms with Crippen LogP contribution in [0.5, 0.6) is 5.75 Å². The fraction of sp³-hybridized carbons (Fsp3) is 0.143. The molecule has 76 valence electrons. The normalized spacial score (nSPS) is 10.0. The molecule has 0 N–H and O–H groups in total. The molecule has 1 aromatic carbocycles. The molecule has 0 aromatic heterocycles. The Bertz CT molecular complexity index is 394. The number of nitrogens with zero attached hydrogens (tertiary/aromatic N) is 1. The average molecular weight is 207 g/mol. The number of rotatable bonds is 2. The van der Waals surface area contributed by atoms with Crippen LogP contribution in [0, 0.1) is 27.6 Å². The maximum absolute atomic E-state index is 12.8. The van der Waals surface area contributed by atoms with Crippen LogP contribution in [0.2, 0.25) is 0 Å². The van der Waals surface area contributed by atoms with Crippen molar-refractivity contribution in [2.75, 3.05) is 7.11 Å². The van der Waals surface area contributed by atoms with Crippen LogP contribution in [0.25, 0.3) is 0 Å². The number of halogens is 3. The van der Waals surface area contributed by atoms with Crippen LogP contribution in [0.3, 0.4) is 0 Å². The minimum Gasteiger partial charge on any atom is -0.488 e. The SMILES string of the molecule is COc1c([N+](=O)[O-])cc(F)c(F)c1F. The zero-order valence-electron chi connectivity index (χ0n) is 6.88. The topological polar surface area (TPSA) is 52.4 Å². The molecule has 0 unspecified atom stereocenters. The first kappa shape index (κ1) is 10.3. The number of nitro groups is 1. The van der Waals surface area contributed by atoms with Crippen molar-refractivity contribution in [2.45, 2.75) is 0 Å². The number of methoxy groups -OCH3 is 1. The third-order valence-electron chi connectivity index (χ3n) is 1.50. The molecule has 1 aromatic rings. The number of benzene rings is 1. The summed E-state index contributed by atoms with van der Waals surface area (Å²) in [6.45, 7) is 0. The van der Waals surface area contributed by atoms with Gasteiger partial charge in [-0.05, 0) is 0 Å². The number of ether oxygens (including phenoxy) is 1. The molecule has 0 bridgehead atoms. The zero-order valence-corrected chi connectivity index (χ0v) is 6.88. The van der Waals surface area contributed by atoms with Gasteiger partial charge in [0.15, 0.2) is 11.6 Å². The quantitative estimate of drug-likeness (QED) is 0.423. The van der Waals surface area contributed by atoms with E-state index in [2.05, 4.69) is 4.74 Å². The van der Waals surface area contributed by atoms with Crippen molar-refractivity contribution >= 4 is 5.69 Å².